The molecule has 0 spiro atoms. The number of amides is 2. The monoisotopic (exact) mass is 384 g/mol. The van der Waals surface area contributed by atoms with Crippen molar-refractivity contribution >= 4 is 28.9 Å². The van der Waals surface area contributed by atoms with Gasteiger partial charge in [-0.3, -0.25) is 19.7 Å². The minimum Gasteiger partial charge on any atom is -0.385 e. The second-order valence-corrected chi connectivity index (χ2v) is 6.43. The standard InChI is InChI=1S/C20H24N4O4/c1-14-5-3-6-15(2)20(14)23-19(26)13-22-18(25)7-4-12-21-16-8-10-17(11-9-16)24(27)28/h3,5-6,8-11,21H,4,7,12-13H2,1-2H3,(H,22,25)(H,23,26). The number of hydrogen-bond donors (Lipinski definition) is 3. The highest BCUT2D eigenvalue weighted by atomic mass is 16.6. The fourth-order valence-electron chi connectivity index (χ4n) is 2.65. The van der Waals surface area contributed by atoms with Crippen LogP contribution in [0.1, 0.15) is 24.0 Å². The summed E-state index contributed by atoms with van der Waals surface area (Å²) in [5, 5.41) is 19.1. The van der Waals surface area contributed by atoms with Gasteiger partial charge in [-0.2, -0.15) is 0 Å². The molecule has 0 aromatic heterocycles. The van der Waals surface area contributed by atoms with E-state index in [1.54, 1.807) is 12.1 Å². The molecule has 28 heavy (non-hydrogen) atoms. The van der Waals surface area contributed by atoms with Crippen molar-refractivity contribution in [2.75, 3.05) is 23.7 Å². The minimum atomic E-state index is -0.454. The first-order valence-corrected chi connectivity index (χ1v) is 8.98. The van der Waals surface area contributed by atoms with Crippen LogP contribution in [0.3, 0.4) is 0 Å². The van der Waals surface area contributed by atoms with E-state index in [-0.39, 0.29) is 30.5 Å². The maximum absolute atomic E-state index is 12.0. The fraction of sp³-hybridized carbons (Fsp3) is 0.300. The molecule has 8 nitrogen and oxygen atoms in total. The zero-order valence-electron chi connectivity index (χ0n) is 16.0. The Labute approximate surface area is 163 Å². The van der Waals surface area contributed by atoms with E-state index in [0.29, 0.717) is 13.0 Å². The normalized spacial score (nSPS) is 10.2. The van der Waals surface area contributed by atoms with Crippen molar-refractivity contribution in [3.05, 3.63) is 63.7 Å². The smallest absolute Gasteiger partial charge is 0.269 e. The molecule has 2 aromatic rings. The fourth-order valence-corrected chi connectivity index (χ4v) is 2.65. The van der Waals surface area contributed by atoms with Crippen LogP contribution in [0.5, 0.6) is 0 Å². The van der Waals surface area contributed by atoms with Crippen LogP contribution in [-0.2, 0) is 9.59 Å². The van der Waals surface area contributed by atoms with Crippen LogP contribution in [0.25, 0.3) is 0 Å². The molecule has 8 heteroatoms. The average molecular weight is 384 g/mol. The van der Waals surface area contributed by atoms with Gasteiger partial charge in [0.05, 0.1) is 11.5 Å². The second-order valence-electron chi connectivity index (χ2n) is 6.43. The molecule has 3 N–H and O–H groups in total. The summed E-state index contributed by atoms with van der Waals surface area (Å²) in [6.07, 6.45) is 0.845. The predicted octanol–water partition coefficient (Wildman–Crippen LogP) is 3.16. The van der Waals surface area contributed by atoms with E-state index in [9.17, 15) is 19.7 Å². The number of nitrogens with one attached hydrogen (secondary N) is 3. The number of rotatable bonds is 9. The molecule has 0 fully saturated rings. The Morgan fingerprint density at radius 2 is 1.64 bits per heavy atom. The van der Waals surface area contributed by atoms with Gasteiger partial charge in [0.15, 0.2) is 0 Å². The molecule has 2 rings (SSSR count). The highest BCUT2D eigenvalue weighted by Gasteiger charge is 2.09. The molecule has 0 aliphatic rings. The van der Waals surface area contributed by atoms with Crippen LogP contribution in [0.4, 0.5) is 17.1 Å². The van der Waals surface area contributed by atoms with E-state index in [4.69, 9.17) is 0 Å². The van der Waals surface area contributed by atoms with Crippen molar-refractivity contribution in [3.8, 4) is 0 Å². The Morgan fingerprint density at radius 1 is 1.00 bits per heavy atom. The summed E-state index contributed by atoms with van der Waals surface area (Å²) in [6.45, 7) is 4.29. The van der Waals surface area contributed by atoms with Gasteiger partial charge >= 0.3 is 0 Å². The largest absolute Gasteiger partial charge is 0.385 e. The molecular formula is C20H24N4O4. The van der Waals surface area contributed by atoms with E-state index >= 15 is 0 Å². The predicted molar refractivity (Wildman–Crippen MR) is 108 cm³/mol. The van der Waals surface area contributed by atoms with Crippen molar-refractivity contribution in [3.63, 3.8) is 0 Å². The summed E-state index contributed by atoms with van der Waals surface area (Å²) < 4.78 is 0. The Balaban J connectivity index is 1.65. The molecule has 0 radical (unpaired) electrons. The van der Waals surface area contributed by atoms with Crippen LogP contribution < -0.4 is 16.0 Å². The van der Waals surface area contributed by atoms with Gasteiger partial charge in [-0.1, -0.05) is 18.2 Å². The molecule has 0 aliphatic carbocycles. The molecule has 0 atom stereocenters. The first-order chi connectivity index (χ1) is 13.4. The number of hydrogen-bond acceptors (Lipinski definition) is 5. The highest BCUT2D eigenvalue weighted by molar-refractivity contribution is 5.95. The molecule has 0 heterocycles. The first-order valence-electron chi connectivity index (χ1n) is 8.98. The number of aryl methyl sites for hydroxylation is 2. The van der Waals surface area contributed by atoms with E-state index in [1.807, 2.05) is 32.0 Å². The number of carbonyl (C=O) groups excluding carboxylic acids is 2. The number of nitrogens with zero attached hydrogens (tertiary/aromatic N) is 1. The Kier molecular flexibility index (Phi) is 7.50. The Morgan fingerprint density at radius 3 is 2.25 bits per heavy atom. The molecular weight excluding hydrogens is 360 g/mol. The number of benzene rings is 2. The van der Waals surface area contributed by atoms with Crippen LogP contribution in [0.15, 0.2) is 42.5 Å². The lowest BCUT2D eigenvalue weighted by molar-refractivity contribution is -0.384. The molecule has 0 saturated heterocycles. The SMILES string of the molecule is Cc1cccc(C)c1NC(=O)CNC(=O)CCCNc1ccc([N+](=O)[O-])cc1. The van der Waals surface area contributed by atoms with E-state index < -0.39 is 4.92 Å². The van der Waals surface area contributed by atoms with Gasteiger partial charge in [-0.05, 0) is 43.5 Å². The number of nitro benzene ring substituents is 1. The van der Waals surface area contributed by atoms with Gasteiger partial charge in [0.1, 0.15) is 0 Å². The number of carbonyl (C=O) groups is 2. The van der Waals surface area contributed by atoms with Crippen molar-refractivity contribution in [1.82, 2.24) is 5.32 Å². The number of nitro groups is 1. The third kappa shape index (κ3) is 6.39. The summed E-state index contributed by atoms with van der Waals surface area (Å²) in [6, 6.07) is 11.8. The van der Waals surface area contributed by atoms with Crippen molar-refractivity contribution < 1.29 is 14.5 Å². The lowest BCUT2D eigenvalue weighted by atomic mass is 10.1. The minimum absolute atomic E-state index is 0.0316. The average Bonchev–Trinajstić information content (AvgIpc) is 2.67. The van der Waals surface area contributed by atoms with Crippen LogP contribution in [0.2, 0.25) is 0 Å². The lowest BCUT2D eigenvalue weighted by Crippen LogP contribution is -2.33. The third-order valence-electron chi connectivity index (χ3n) is 4.18. The van der Waals surface area contributed by atoms with E-state index in [0.717, 1.165) is 22.5 Å². The summed E-state index contributed by atoms with van der Waals surface area (Å²) in [5.41, 5.74) is 3.49. The lowest BCUT2D eigenvalue weighted by Gasteiger charge is -2.12. The first kappa shape index (κ1) is 20.9. The Hall–Kier alpha value is -3.42. The highest BCUT2D eigenvalue weighted by Crippen LogP contribution is 2.19. The summed E-state index contributed by atoms with van der Waals surface area (Å²) >= 11 is 0. The third-order valence-corrected chi connectivity index (χ3v) is 4.18. The van der Waals surface area contributed by atoms with E-state index in [2.05, 4.69) is 16.0 Å². The maximum Gasteiger partial charge on any atom is 0.269 e. The van der Waals surface area contributed by atoms with Crippen LogP contribution >= 0.6 is 0 Å². The van der Waals surface area contributed by atoms with Gasteiger partial charge in [-0.25, -0.2) is 0 Å². The molecule has 148 valence electrons. The summed E-state index contributed by atoms with van der Waals surface area (Å²) in [4.78, 5) is 34.0. The zero-order valence-corrected chi connectivity index (χ0v) is 16.0. The van der Waals surface area contributed by atoms with Crippen LogP contribution in [-0.4, -0.2) is 29.8 Å². The number of para-hydroxylation sites is 1. The summed E-state index contributed by atoms with van der Waals surface area (Å²) in [7, 11) is 0. The van der Waals surface area contributed by atoms with Crippen LogP contribution in [0, 0.1) is 24.0 Å². The Bertz CT molecular complexity index is 830. The molecule has 2 amide bonds. The van der Waals surface area contributed by atoms with Crippen molar-refractivity contribution in [1.29, 1.82) is 0 Å². The maximum atomic E-state index is 12.0. The van der Waals surface area contributed by atoms with Gasteiger partial charge in [0.25, 0.3) is 5.69 Å². The number of anilines is 2. The van der Waals surface area contributed by atoms with Gasteiger partial charge < -0.3 is 16.0 Å². The molecule has 0 saturated carbocycles. The van der Waals surface area contributed by atoms with E-state index in [1.165, 1.54) is 12.1 Å². The molecule has 0 aliphatic heterocycles. The van der Waals surface area contributed by atoms with Crippen molar-refractivity contribution in [2.45, 2.75) is 26.7 Å². The quantitative estimate of drug-likeness (QED) is 0.349. The molecule has 2 aromatic carbocycles. The second kappa shape index (κ2) is 10.1. The molecule has 0 bridgehead atoms. The topological polar surface area (TPSA) is 113 Å². The van der Waals surface area contributed by atoms with Gasteiger partial charge in [-0.15, -0.1) is 0 Å². The van der Waals surface area contributed by atoms with Gasteiger partial charge in [0, 0.05) is 36.5 Å². The summed E-state index contributed by atoms with van der Waals surface area (Å²) in [5.74, 6) is -0.475. The van der Waals surface area contributed by atoms with Gasteiger partial charge in [0.2, 0.25) is 11.8 Å². The zero-order chi connectivity index (χ0) is 20.5. The molecule has 0 unspecified atom stereocenters. The number of non-ortho nitro benzene ring substituents is 1. The van der Waals surface area contributed by atoms with Crippen molar-refractivity contribution in [2.24, 2.45) is 0 Å².